The van der Waals surface area contributed by atoms with Crippen LogP contribution in [0.2, 0.25) is 0 Å². The molecule has 0 spiro atoms. The Morgan fingerprint density at radius 2 is 1.83 bits per heavy atom. The number of hydrogen-bond donors (Lipinski definition) is 1. The summed E-state index contributed by atoms with van der Waals surface area (Å²) < 4.78 is 0. The molecule has 18 heavy (non-hydrogen) atoms. The van der Waals surface area contributed by atoms with Gasteiger partial charge in [0.2, 0.25) is 0 Å². The molecule has 1 rings (SSSR count). The van der Waals surface area contributed by atoms with Crippen molar-refractivity contribution in [2.24, 2.45) is 11.3 Å². The van der Waals surface area contributed by atoms with E-state index in [0.29, 0.717) is 5.56 Å². The molecule has 0 radical (unpaired) electrons. The number of non-ortho nitro benzene ring substituents is 1. The quantitative estimate of drug-likeness (QED) is 0.505. The first-order chi connectivity index (χ1) is 8.27. The Morgan fingerprint density at radius 1 is 1.33 bits per heavy atom. The first-order valence-electron chi connectivity index (χ1n) is 5.82. The van der Waals surface area contributed by atoms with Crippen molar-refractivity contribution in [3.8, 4) is 0 Å². The molecule has 0 aliphatic carbocycles. The zero-order valence-corrected chi connectivity index (χ0v) is 11.0. The number of hydrogen-bond acceptors (Lipinski definition) is 3. The standard InChI is InChI=1S/C14H19NO3/c1-5-12(14(2,3)4)13(16)10-6-8-11(9-7-10)15(17)18/h5-9,12-13,16H,1H2,2-4H3/t12-,13+/m0/s1. The maximum Gasteiger partial charge on any atom is 0.269 e. The summed E-state index contributed by atoms with van der Waals surface area (Å²) in [6.45, 7) is 9.82. The van der Waals surface area contributed by atoms with Crippen molar-refractivity contribution in [1.29, 1.82) is 0 Å². The lowest BCUT2D eigenvalue weighted by molar-refractivity contribution is -0.384. The van der Waals surface area contributed by atoms with E-state index in [0.717, 1.165) is 0 Å². The van der Waals surface area contributed by atoms with Gasteiger partial charge < -0.3 is 5.11 Å². The highest BCUT2D eigenvalue weighted by atomic mass is 16.6. The van der Waals surface area contributed by atoms with Gasteiger partial charge in [-0.3, -0.25) is 10.1 Å². The van der Waals surface area contributed by atoms with Crippen molar-refractivity contribution in [3.05, 3.63) is 52.6 Å². The molecule has 1 aromatic rings. The molecule has 1 N–H and O–H groups in total. The molecule has 0 fully saturated rings. The van der Waals surface area contributed by atoms with Gasteiger partial charge in [0, 0.05) is 18.1 Å². The highest BCUT2D eigenvalue weighted by Crippen LogP contribution is 2.37. The van der Waals surface area contributed by atoms with Gasteiger partial charge in [0.1, 0.15) is 0 Å². The molecule has 4 heteroatoms. The Labute approximate surface area is 107 Å². The van der Waals surface area contributed by atoms with Crippen molar-refractivity contribution in [3.63, 3.8) is 0 Å². The summed E-state index contributed by atoms with van der Waals surface area (Å²) in [5.74, 6) is -0.112. The average Bonchev–Trinajstić information content (AvgIpc) is 2.28. The fourth-order valence-electron chi connectivity index (χ4n) is 1.96. The van der Waals surface area contributed by atoms with Crippen molar-refractivity contribution >= 4 is 5.69 Å². The van der Waals surface area contributed by atoms with E-state index in [-0.39, 0.29) is 17.0 Å². The summed E-state index contributed by atoms with van der Waals surface area (Å²) in [7, 11) is 0. The first kappa shape index (κ1) is 14.4. The van der Waals surface area contributed by atoms with Gasteiger partial charge in [0.25, 0.3) is 5.69 Å². The van der Waals surface area contributed by atoms with Crippen LogP contribution in [0.3, 0.4) is 0 Å². The summed E-state index contributed by atoms with van der Waals surface area (Å²) in [5.41, 5.74) is 0.570. The monoisotopic (exact) mass is 249 g/mol. The van der Waals surface area contributed by atoms with Crippen molar-refractivity contribution in [2.45, 2.75) is 26.9 Å². The summed E-state index contributed by atoms with van der Waals surface area (Å²) in [4.78, 5) is 10.1. The highest BCUT2D eigenvalue weighted by molar-refractivity contribution is 5.34. The van der Waals surface area contributed by atoms with E-state index in [1.807, 2.05) is 20.8 Å². The molecule has 0 aliphatic rings. The van der Waals surface area contributed by atoms with E-state index in [1.54, 1.807) is 18.2 Å². The molecule has 0 aromatic heterocycles. The first-order valence-corrected chi connectivity index (χ1v) is 5.82. The lowest BCUT2D eigenvalue weighted by atomic mass is 9.75. The van der Waals surface area contributed by atoms with Gasteiger partial charge in [-0.15, -0.1) is 6.58 Å². The van der Waals surface area contributed by atoms with Crippen LogP contribution in [0.25, 0.3) is 0 Å². The second-order valence-electron chi connectivity index (χ2n) is 5.42. The Kier molecular flexibility index (Phi) is 4.24. The summed E-state index contributed by atoms with van der Waals surface area (Å²) in [6.07, 6.45) is 1.02. The lowest BCUT2D eigenvalue weighted by Crippen LogP contribution is -2.25. The van der Waals surface area contributed by atoms with Crippen molar-refractivity contribution in [2.75, 3.05) is 0 Å². The zero-order chi connectivity index (χ0) is 13.9. The lowest BCUT2D eigenvalue weighted by Gasteiger charge is -2.32. The molecule has 0 bridgehead atoms. The molecular weight excluding hydrogens is 230 g/mol. The topological polar surface area (TPSA) is 63.4 Å². The fourth-order valence-corrected chi connectivity index (χ4v) is 1.96. The van der Waals surface area contributed by atoms with Crippen LogP contribution >= 0.6 is 0 Å². The number of aliphatic hydroxyl groups is 1. The maximum absolute atomic E-state index is 10.6. The maximum atomic E-state index is 10.6. The summed E-state index contributed by atoms with van der Waals surface area (Å²) in [6, 6.07) is 5.98. The number of nitrogens with zero attached hydrogens (tertiary/aromatic N) is 1. The van der Waals surface area contributed by atoms with Crippen LogP contribution in [0, 0.1) is 21.4 Å². The van der Waals surface area contributed by atoms with Gasteiger partial charge in [0.15, 0.2) is 0 Å². The SMILES string of the molecule is C=C[C@@H]([C@H](O)c1ccc([N+](=O)[O-])cc1)C(C)(C)C. The number of benzene rings is 1. The predicted octanol–water partition coefficient (Wildman–Crippen LogP) is 3.48. The third kappa shape index (κ3) is 3.17. The van der Waals surface area contributed by atoms with E-state index in [2.05, 4.69) is 6.58 Å². The molecule has 0 unspecified atom stereocenters. The molecule has 1 aromatic carbocycles. The van der Waals surface area contributed by atoms with Crippen LogP contribution in [0.4, 0.5) is 5.69 Å². The molecule has 0 saturated heterocycles. The second kappa shape index (κ2) is 5.31. The number of nitro groups is 1. The van der Waals surface area contributed by atoms with Crippen LogP contribution in [0.15, 0.2) is 36.9 Å². The predicted molar refractivity (Wildman–Crippen MR) is 71.2 cm³/mol. The fraction of sp³-hybridized carbons (Fsp3) is 0.429. The van der Waals surface area contributed by atoms with Crippen LogP contribution < -0.4 is 0 Å². The van der Waals surface area contributed by atoms with Gasteiger partial charge >= 0.3 is 0 Å². The van der Waals surface area contributed by atoms with Gasteiger partial charge in [-0.25, -0.2) is 0 Å². The molecule has 0 saturated carbocycles. The van der Waals surface area contributed by atoms with E-state index >= 15 is 0 Å². The van der Waals surface area contributed by atoms with E-state index < -0.39 is 11.0 Å². The zero-order valence-electron chi connectivity index (χ0n) is 11.0. The number of nitro benzene ring substituents is 1. The molecule has 0 heterocycles. The van der Waals surface area contributed by atoms with Crippen LogP contribution in [-0.2, 0) is 0 Å². The molecular formula is C14H19NO3. The third-order valence-electron chi connectivity index (χ3n) is 3.04. The Morgan fingerprint density at radius 3 is 2.17 bits per heavy atom. The highest BCUT2D eigenvalue weighted by Gasteiger charge is 2.29. The molecule has 4 nitrogen and oxygen atoms in total. The van der Waals surface area contributed by atoms with Gasteiger partial charge in [-0.05, 0) is 23.1 Å². The van der Waals surface area contributed by atoms with Crippen LogP contribution in [0.1, 0.15) is 32.4 Å². The van der Waals surface area contributed by atoms with Crippen LogP contribution in [-0.4, -0.2) is 10.0 Å². The van der Waals surface area contributed by atoms with Crippen molar-refractivity contribution in [1.82, 2.24) is 0 Å². The smallest absolute Gasteiger partial charge is 0.269 e. The summed E-state index contributed by atoms with van der Waals surface area (Å²) in [5, 5.41) is 20.9. The molecule has 0 aliphatic heterocycles. The Hall–Kier alpha value is -1.68. The van der Waals surface area contributed by atoms with Crippen LogP contribution in [0.5, 0.6) is 0 Å². The minimum absolute atomic E-state index is 0.0249. The minimum atomic E-state index is -0.705. The number of aliphatic hydroxyl groups excluding tert-OH is 1. The Balaban J connectivity index is 2.99. The number of rotatable bonds is 4. The molecule has 2 atom stereocenters. The summed E-state index contributed by atoms with van der Waals surface area (Å²) >= 11 is 0. The molecule has 98 valence electrons. The molecule has 0 amide bonds. The Bertz CT molecular complexity index is 431. The van der Waals surface area contributed by atoms with E-state index in [4.69, 9.17) is 0 Å². The van der Waals surface area contributed by atoms with Crippen molar-refractivity contribution < 1.29 is 10.0 Å². The van der Waals surface area contributed by atoms with Gasteiger partial charge in [-0.2, -0.15) is 0 Å². The van der Waals surface area contributed by atoms with E-state index in [1.165, 1.54) is 12.1 Å². The van der Waals surface area contributed by atoms with Gasteiger partial charge in [-0.1, -0.05) is 26.8 Å². The normalized spacial score (nSPS) is 14.9. The van der Waals surface area contributed by atoms with Gasteiger partial charge in [0.05, 0.1) is 11.0 Å². The largest absolute Gasteiger partial charge is 0.388 e. The minimum Gasteiger partial charge on any atom is -0.388 e. The van der Waals surface area contributed by atoms with E-state index in [9.17, 15) is 15.2 Å². The second-order valence-corrected chi connectivity index (χ2v) is 5.42. The third-order valence-corrected chi connectivity index (χ3v) is 3.04. The average molecular weight is 249 g/mol.